The first-order valence-electron chi connectivity index (χ1n) is 7.06. The summed E-state index contributed by atoms with van der Waals surface area (Å²) in [5, 5.41) is 8.82. The smallest absolute Gasteiger partial charge is 0.245 e. The highest BCUT2D eigenvalue weighted by Crippen LogP contribution is 2.29. The average Bonchev–Trinajstić information content (AvgIpc) is 3.31. The molecule has 1 aliphatic carbocycles. The van der Waals surface area contributed by atoms with Crippen LogP contribution in [0, 0.1) is 11.3 Å². The van der Waals surface area contributed by atoms with Gasteiger partial charge >= 0.3 is 0 Å². The Morgan fingerprint density at radius 1 is 1.19 bits per heavy atom. The number of piperazine rings is 1. The van der Waals surface area contributed by atoms with Crippen LogP contribution in [0.5, 0.6) is 0 Å². The van der Waals surface area contributed by atoms with E-state index in [0.717, 1.165) is 13.1 Å². The second-order valence-electron chi connectivity index (χ2n) is 5.54. The summed E-state index contributed by atoms with van der Waals surface area (Å²) in [6.07, 6.45) is 2.46. The lowest BCUT2D eigenvalue weighted by molar-refractivity contribution is 0.180. The molecule has 0 spiro atoms. The molecule has 1 saturated carbocycles. The van der Waals surface area contributed by atoms with Crippen LogP contribution in [0.3, 0.4) is 0 Å². The fraction of sp³-hybridized carbons (Fsp3) is 0.500. The van der Waals surface area contributed by atoms with E-state index >= 15 is 0 Å². The Morgan fingerprint density at radius 3 is 2.38 bits per heavy atom. The molecule has 0 radical (unpaired) electrons. The van der Waals surface area contributed by atoms with Crippen molar-refractivity contribution in [3.63, 3.8) is 0 Å². The number of nitriles is 1. The van der Waals surface area contributed by atoms with Gasteiger partial charge in [0.15, 0.2) is 0 Å². The van der Waals surface area contributed by atoms with Gasteiger partial charge in [-0.05, 0) is 31.0 Å². The first-order valence-corrected chi connectivity index (χ1v) is 8.50. The average molecular weight is 306 g/mol. The molecule has 1 heterocycles. The Kier molecular flexibility index (Phi) is 3.61. The van der Waals surface area contributed by atoms with E-state index < -0.39 is 10.0 Å². The maximum Gasteiger partial charge on any atom is 0.245 e. The molecule has 6 nitrogen and oxygen atoms in total. The van der Waals surface area contributed by atoms with Gasteiger partial charge in [-0.25, -0.2) is 8.42 Å². The predicted octanol–water partition coefficient (Wildman–Crippen LogP) is 0.609. The molecule has 1 aromatic rings. The molecule has 0 atom stereocenters. The van der Waals surface area contributed by atoms with Crippen LogP contribution in [-0.4, -0.2) is 49.8 Å². The van der Waals surface area contributed by atoms with Gasteiger partial charge < -0.3 is 5.73 Å². The first-order chi connectivity index (χ1) is 10.0. The van der Waals surface area contributed by atoms with Crippen LogP contribution in [0.25, 0.3) is 0 Å². The summed E-state index contributed by atoms with van der Waals surface area (Å²) in [6.45, 7) is 2.55. The molecule has 2 N–H and O–H groups in total. The Bertz CT molecular complexity index is 683. The minimum Gasteiger partial charge on any atom is -0.398 e. The van der Waals surface area contributed by atoms with Gasteiger partial charge in [0.25, 0.3) is 0 Å². The van der Waals surface area contributed by atoms with E-state index in [4.69, 9.17) is 11.0 Å². The van der Waals surface area contributed by atoms with Crippen LogP contribution in [0.4, 0.5) is 5.69 Å². The SMILES string of the molecule is N#Cc1ccc(S(=O)(=O)N2CCN(C3CC3)CC2)c(N)c1. The maximum absolute atomic E-state index is 12.6. The maximum atomic E-state index is 12.6. The van der Waals surface area contributed by atoms with E-state index in [1.165, 1.54) is 35.3 Å². The molecule has 0 amide bonds. The van der Waals surface area contributed by atoms with Gasteiger partial charge in [-0.3, -0.25) is 4.90 Å². The van der Waals surface area contributed by atoms with Crippen molar-refractivity contribution in [3.05, 3.63) is 23.8 Å². The predicted molar refractivity (Wildman–Crippen MR) is 78.9 cm³/mol. The highest BCUT2D eigenvalue weighted by Gasteiger charge is 2.35. The van der Waals surface area contributed by atoms with E-state index in [1.54, 1.807) is 0 Å². The largest absolute Gasteiger partial charge is 0.398 e. The third-order valence-electron chi connectivity index (χ3n) is 4.09. The Hall–Kier alpha value is -1.62. The van der Waals surface area contributed by atoms with Crippen molar-refractivity contribution in [1.82, 2.24) is 9.21 Å². The van der Waals surface area contributed by atoms with E-state index in [2.05, 4.69) is 4.90 Å². The monoisotopic (exact) mass is 306 g/mol. The van der Waals surface area contributed by atoms with Crippen molar-refractivity contribution in [2.45, 2.75) is 23.8 Å². The summed E-state index contributed by atoms with van der Waals surface area (Å²) in [5.41, 5.74) is 6.31. The van der Waals surface area contributed by atoms with Crippen molar-refractivity contribution < 1.29 is 8.42 Å². The summed E-state index contributed by atoms with van der Waals surface area (Å²) in [4.78, 5) is 2.45. The number of anilines is 1. The quantitative estimate of drug-likeness (QED) is 0.826. The molecular formula is C14H18N4O2S. The fourth-order valence-corrected chi connectivity index (χ4v) is 4.26. The van der Waals surface area contributed by atoms with E-state index in [-0.39, 0.29) is 10.6 Å². The molecule has 2 aliphatic rings. The molecule has 0 bridgehead atoms. The van der Waals surface area contributed by atoms with Crippen molar-refractivity contribution in [2.75, 3.05) is 31.9 Å². The number of sulfonamides is 1. The highest BCUT2D eigenvalue weighted by molar-refractivity contribution is 7.89. The lowest BCUT2D eigenvalue weighted by atomic mass is 10.2. The normalized spacial score (nSPS) is 21.1. The van der Waals surface area contributed by atoms with Crippen molar-refractivity contribution >= 4 is 15.7 Å². The molecule has 1 aliphatic heterocycles. The van der Waals surface area contributed by atoms with Gasteiger partial charge in [0.05, 0.1) is 17.3 Å². The molecule has 112 valence electrons. The van der Waals surface area contributed by atoms with Crippen molar-refractivity contribution in [1.29, 1.82) is 5.26 Å². The molecule has 0 unspecified atom stereocenters. The zero-order valence-corrected chi connectivity index (χ0v) is 12.5. The van der Waals surface area contributed by atoms with Crippen LogP contribution < -0.4 is 5.73 Å². The molecule has 0 aromatic heterocycles. The van der Waals surface area contributed by atoms with Gasteiger partial charge in [-0.1, -0.05) is 0 Å². The third-order valence-corrected chi connectivity index (χ3v) is 6.07. The van der Waals surface area contributed by atoms with Gasteiger partial charge in [-0.2, -0.15) is 9.57 Å². The van der Waals surface area contributed by atoms with E-state index in [1.807, 2.05) is 6.07 Å². The third kappa shape index (κ3) is 2.75. The fourth-order valence-electron chi connectivity index (χ4n) is 2.74. The van der Waals surface area contributed by atoms with Crippen LogP contribution in [0.15, 0.2) is 23.1 Å². The highest BCUT2D eigenvalue weighted by atomic mass is 32.2. The molecule has 1 aromatic carbocycles. The lowest BCUT2D eigenvalue weighted by Crippen LogP contribution is -2.49. The summed E-state index contributed by atoms with van der Waals surface area (Å²) >= 11 is 0. The summed E-state index contributed by atoms with van der Waals surface area (Å²) in [6, 6.07) is 6.94. The second kappa shape index (κ2) is 5.30. The number of nitrogens with two attached hydrogens (primary N) is 1. The van der Waals surface area contributed by atoms with Crippen LogP contribution >= 0.6 is 0 Å². The minimum absolute atomic E-state index is 0.0985. The Balaban J connectivity index is 1.79. The van der Waals surface area contributed by atoms with Crippen LogP contribution in [0.1, 0.15) is 18.4 Å². The summed E-state index contributed by atoms with van der Waals surface area (Å²) < 4.78 is 26.8. The number of nitrogen functional groups attached to an aromatic ring is 1. The first kappa shape index (κ1) is 14.3. The standard InChI is InChI=1S/C14H18N4O2S/c15-10-11-1-4-14(13(16)9-11)21(19,20)18-7-5-17(6-8-18)12-2-3-12/h1,4,9,12H,2-3,5-8,16H2. The molecule has 1 saturated heterocycles. The van der Waals surface area contributed by atoms with Crippen LogP contribution in [-0.2, 0) is 10.0 Å². The number of rotatable bonds is 3. The van der Waals surface area contributed by atoms with Gasteiger partial charge in [0.2, 0.25) is 10.0 Å². The summed E-state index contributed by atoms with van der Waals surface area (Å²) in [5.74, 6) is 0. The Labute approximate surface area is 124 Å². The topological polar surface area (TPSA) is 90.4 Å². The number of hydrogen-bond acceptors (Lipinski definition) is 5. The van der Waals surface area contributed by atoms with Crippen LogP contribution in [0.2, 0.25) is 0 Å². The zero-order valence-electron chi connectivity index (χ0n) is 11.7. The van der Waals surface area contributed by atoms with Crippen molar-refractivity contribution in [2.24, 2.45) is 0 Å². The number of hydrogen-bond donors (Lipinski definition) is 1. The minimum atomic E-state index is -3.57. The summed E-state index contributed by atoms with van der Waals surface area (Å²) in [7, 11) is -3.57. The van der Waals surface area contributed by atoms with Gasteiger partial charge in [-0.15, -0.1) is 0 Å². The van der Waals surface area contributed by atoms with E-state index in [9.17, 15) is 8.42 Å². The Morgan fingerprint density at radius 2 is 1.86 bits per heavy atom. The molecule has 3 rings (SSSR count). The number of benzene rings is 1. The zero-order chi connectivity index (χ0) is 15.0. The number of nitrogens with zero attached hydrogens (tertiary/aromatic N) is 3. The van der Waals surface area contributed by atoms with Crippen molar-refractivity contribution in [3.8, 4) is 6.07 Å². The lowest BCUT2D eigenvalue weighted by Gasteiger charge is -2.34. The molecule has 21 heavy (non-hydrogen) atoms. The second-order valence-corrected chi connectivity index (χ2v) is 7.44. The molecule has 7 heteroatoms. The molecule has 2 fully saturated rings. The molecular weight excluding hydrogens is 288 g/mol. The van der Waals surface area contributed by atoms with Gasteiger partial charge in [0.1, 0.15) is 4.90 Å². The van der Waals surface area contributed by atoms with E-state index in [0.29, 0.717) is 24.7 Å². The van der Waals surface area contributed by atoms with Gasteiger partial charge in [0, 0.05) is 32.2 Å².